The van der Waals surface area contributed by atoms with E-state index in [0.29, 0.717) is 16.8 Å². The Hall–Kier alpha value is -2.97. The standard InChI is InChI=1S/C17H16N4O3S/c1-10-2-4-11(5-3-10)14-15(20-21-16(14)17(18)22)12-6-8-13(9-7-12)25(19,23)24/h2-9H,1H3,(H2,18,22)(H,20,21)(H2,19,23,24). The first-order valence-electron chi connectivity index (χ1n) is 7.36. The molecule has 128 valence electrons. The van der Waals surface area contributed by atoms with Gasteiger partial charge in [-0.05, 0) is 24.6 Å². The van der Waals surface area contributed by atoms with Crippen LogP contribution in [0.2, 0.25) is 0 Å². The number of rotatable bonds is 4. The highest BCUT2D eigenvalue weighted by Crippen LogP contribution is 2.33. The van der Waals surface area contributed by atoms with Crippen LogP contribution in [0.4, 0.5) is 0 Å². The van der Waals surface area contributed by atoms with E-state index >= 15 is 0 Å². The van der Waals surface area contributed by atoms with Gasteiger partial charge in [-0.25, -0.2) is 13.6 Å². The van der Waals surface area contributed by atoms with Crippen LogP contribution in [0, 0.1) is 6.92 Å². The topological polar surface area (TPSA) is 132 Å². The number of primary sulfonamides is 1. The third kappa shape index (κ3) is 3.30. The molecule has 8 heteroatoms. The monoisotopic (exact) mass is 356 g/mol. The predicted octanol–water partition coefficient (Wildman–Crippen LogP) is 1.80. The van der Waals surface area contributed by atoms with Crippen LogP contribution in [0.1, 0.15) is 16.1 Å². The normalized spacial score (nSPS) is 11.4. The average molecular weight is 356 g/mol. The van der Waals surface area contributed by atoms with Crippen molar-refractivity contribution in [3.8, 4) is 22.4 Å². The number of aromatic nitrogens is 2. The highest BCUT2D eigenvalue weighted by atomic mass is 32.2. The number of hydrogen-bond donors (Lipinski definition) is 3. The molecule has 0 unspecified atom stereocenters. The summed E-state index contributed by atoms with van der Waals surface area (Å²) in [5.41, 5.74) is 9.19. The molecule has 2 aromatic carbocycles. The van der Waals surface area contributed by atoms with Crippen molar-refractivity contribution in [3.63, 3.8) is 0 Å². The lowest BCUT2D eigenvalue weighted by Gasteiger charge is -2.06. The van der Waals surface area contributed by atoms with Crippen molar-refractivity contribution < 1.29 is 13.2 Å². The Morgan fingerprint density at radius 2 is 1.56 bits per heavy atom. The third-order valence-electron chi connectivity index (χ3n) is 3.81. The minimum Gasteiger partial charge on any atom is -0.364 e. The van der Waals surface area contributed by atoms with Crippen molar-refractivity contribution in [2.24, 2.45) is 10.9 Å². The van der Waals surface area contributed by atoms with Crippen LogP contribution in [0.5, 0.6) is 0 Å². The molecule has 1 heterocycles. The SMILES string of the molecule is Cc1ccc(-c2c(-c3ccc(S(N)(=O)=O)cc3)n[nH]c2C(N)=O)cc1. The molecule has 0 fully saturated rings. The van der Waals surface area contributed by atoms with E-state index in [-0.39, 0.29) is 10.6 Å². The summed E-state index contributed by atoms with van der Waals surface area (Å²) in [5.74, 6) is -0.629. The maximum atomic E-state index is 11.7. The molecule has 0 aliphatic heterocycles. The van der Waals surface area contributed by atoms with E-state index in [4.69, 9.17) is 10.9 Å². The molecule has 5 N–H and O–H groups in total. The molecule has 25 heavy (non-hydrogen) atoms. The summed E-state index contributed by atoms with van der Waals surface area (Å²) in [4.78, 5) is 11.7. The Labute approximate surface area is 144 Å². The molecule has 0 radical (unpaired) electrons. The quantitative estimate of drug-likeness (QED) is 0.657. The molecule has 0 spiro atoms. The molecule has 7 nitrogen and oxygen atoms in total. The Balaban J connectivity index is 2.17. The van der Waals surface area contributed by atoms with Crippen LogP contribution in [0.25, 0.3) is 22.4 Å². The average Bonchev–Trinajstić information content (AvgIpc) is 3.00. The van der Waals surface area contributed by atoms with Crippen molar-refractivity contribution in [3.05, 3.63) is 59.8 Å². The summed E-state index contributed by atoms with van der Waals surface area (Å²) in [5, 5.41) is 12.0. The van der Waals surface area contributed by atoms with Gasteiger partial charge in [-0.2, -0.15) is 5.10 Å². The Bertz CT molecular complexity index is 1040. The maximum Gasteiger partial charge on any atom is 0.267 e. The van der Waals surface area contributed by atoms with Gasteiger partial charge in [0.15, 0.2) is 0 Å². The molecular formula is C17H16N4O3S. The largest absolute Gasteiger partial charge is 0.364 e. The fourth-order valence-corrected chi connectivity index (χ4v) is 3.05. The smallest absolute Gasteiger partial charge is 0.267 e. The van der Waals surface area contributed by atoms with Gasteiger partial charge in [-0.15, -0.1) is 0 Å². The number of primary amides is 1. The van der Waals surface area contributed by atoms with Gasteiger partial charge in [0.2, 0.25) is 10.0 Å². The first-order valence-corrected chi connectivity index (χ1v) is 8.90. The number of nitrogens with zero attached hydrogens (tertiary/aromatic N) is 1. The number of aromatic amines is 1. The molecular weight excluding hydrogens is 340 g/mol. The first kappa shape index (κ1) is 16.9. The second-order valence-electron chi connectivity index (χ2n) is 5.62. The molecule has 0 saturated heterocycles. The number of carbonyl (C=O) groups excluding carboxylic acids is 1. The zero-order valence-electron chi connectivity index (χ0n) is 13.4. The molecule has 0 aliphatic rings. The minimum absolute atomic E-state index is 0.00111. The number of hydrogen-bond acceptors (Lipinski definition) is 4. The summed E-state index contributed by atoms with van der Waals surface area (Å²) < 4.78 is 22.8. The summed E-state index contributed by atoms with van der Waals surface area (Å²) in [6, 6.07) is 13.5. The van der Waals surface area contributed by atoms with Gasteiger partial charge in [-0.3, -0.25) is 9.89 Å². The van der Waals surface area contributed by atoms with Crippen LogP contribution in [0.3, 0.4) is 0 Å². The van der Waals surface area contributed by atoms with E-state index in [1.54, 1.807) is 12.1 Å². The zero-order chi connectivity index (χ0) is 18.2. The maximum absolute atomic E-state index is 11.7. The lowest BCUT2D eigenvalue weighted by Crippen LogP contribution is -2.12. The number of H-pyrrole nitrogens is 1. The molecule has 0 aliphatic carbocycles. The van der Waals surface area contributed by atoms with Gasteiger partial charge < -0.3 is 5.73 Å². The third-order valence-corrected chi connectivity index (χ3v) is 4.74. The fraction of sp³-hybridized carbons (Fsp3) is 0.0588. The first-order chi connectivity index (χ1) is 11.8. The van der Waals surface area contributed by atoms with Crippen molar-refractivity contribution in [2.75, 3.05) is 0 Å². The second-order valence-corrected chi connectivity index (χ2v) is 7.18. The number of carbonyl (C=O) groups is 1. The van der Waals surface area contributed by atoms with E-state index in [2.05, 4.69) is 10.2 Å². The number of amides is 1. The minimum atomic E-state index is -3.78. The van der Waals surface area contributed by atoms with E-state index in [0.717, 1.165) is 11.1 Å². The number of nitrogens with two attached hydrogens (primary N) is 2. The zero-order valence-corrected chi connectivity index (χ0v) is 14.2. The van der Waals surface area contributed by atoms with Crippen molar-refractivity contribution in [1.29, 1.82) is 0 Å². The van der Waals surface area contributed by atoms with Gasteiger partial charge in [0, 0.05) is 11.1 Å². The molecule has 0 bridgehead atoms. The number of aryl methyl sites for hydroxylation is 1. The molecule has 3 rings (SSSR count). The summed E-state index contributed by atoms with van der Waals surface area (Å²) >= 11 is 0. The van der Waals surface area contributed by atoms with E-state index in [1.807, 2.05) is 31.2 Å². The van der Waals surface area contributed by atoms with Crippen LogP contribution >= 0.6 is 0 Å². The van der Waals surface area contributed by atoms with Crippen LogP contribution < -0.4 is 10.9 Å². The predicted molar refractivity (Wildman–Crippen MR) is 94.1 cm³/mol. The molecule has 0 saturated carbocycles. The summed E-state index contributed by atoms with van der Waals surface area (Å²) in [6.07, 6.45) is 0. The van der Waals surface area contributed by atoms with Crippen molar-refractivity contribution in [1.82, 2.24) is 10.2 Å². The van der Waals surface area contributed by atoms with Crippen LogP contribution in [-0.4, -0.2) is 24.5 Å². The highest BCUT2D eigenvalue weighted by Gasteiger charge is 2.20. The van der Waals surface area contributed by atoms with Gasteiger partial charge in [0.1, 0.15) is 11.4 Å². The van der Waals surface area contributed by atoms with Gasteiger partial charge >= 0.3 is 0 Å². The van der Waals surface area contributed by atoms with E-state index in [1.165, 1.54) is 12.1 Å². The lowest BCUT2D eigenvalue weighted by molar-refractivity contribution is 0.0996. The van der Waals surface area contributed by atoms with Crippen LogP contribution in [-0.2, 0) is 10.0 Å². The fourth-order valence-electron chi connectivity index (χ4n) is 2.53. The van der Waals surface area contributed by atoms with Gasteiger partial charge in [0.05, 0.1) is 4.90 Å². The van der Waals surface area contributed by atoms with Crippen molar-refractivity contribution in [2.45, 2.75) is 11.8 Å². The second kappa shape index (κ2) is 6.15. The lowest BCUT2D eigenvalue weighted by atomic mass is 9.98. The van der Waals surface area contributed by atoms with E-state index < -0.39 is 15.9 Å². The molecule has 1 aromatic heterocycles. The number of sulfonamides is 1. The summed E-state index contributed by atoms with van der Waals surface area (Å²) in [6.45, 7) is 1.96. The molecule has 0 atom stereocenters. The van der Waals surface area contributed by atoms with Gasteiger partial charge in [0.25, 0.3) is 5.91 Å². The molecule has 3 aromatic rings. The highest BCUT2D eigenvalue weighted by molar-refractivity contribution is 7.89. The number of nitrogens with one attached hydrogen (secondary N) is 1. The summed E-state index contributed by atoms with van der Waals surface area (Å²) in [7, 11) is -3.78. The Kier molecular flexibility index (Phi) is 4.15. The Morgan fingerprint density at radius 3 is 2.08 bits per heavy atom. The van der Waals surface area contributed by atoms with E-state index in [9.17, 15) is 13.2 Å². The van der Waals surface area contributed by atoms with Gasteiger partial charge in [-0.1, -0.05) is 42.0 Å². The van der Waals surface area contributed by atoms with Crippen molar-refractivity contribution >= 4 is 15.9 Å². The molecule has 1 amide bonds. The Morgan fingerprint density at radius 1 is 1.00 bits per heavy atom. The number of benzene rings is 2. The van der Waals surface area contributed by atoms with Crippen LogP contribution in [0.15, 0.2) is 53.4 Å².